The van der Waals surface area contributed by atoms with Crippen molar-refractivity contribution in [3.05, 3.63) is 52.1 Å². The molecule has 0 amide bonds. The summed E-state index contributed by atoms with van der Waals surface area (Å²) in [7, 11) is -8.36. The second kappa shape index (κ2) is 9.05. The number of benzene rings is 2. The van der Waals surface area contributed by atoms with Crippen molar-refractivity contribution >= 4 is 67.0 Å². The first-order valence-electron chi connectivity index (χ1n) is 7.74. The van der Waals surface area contributed by atoms with E-state index in [0.29, 0.717) is 6.07 Å². The van der Waals surface area contributed by atoms with Crippen LogP contribution in [0.3, 0.4) is 0 Å². The number of hydrazone groups is 1. The van der Waals surface area contributed by atoms with Crippen LogP contribution >= 0.6 is 0 Å². The summed E-state index contributed by atoms with van der Waals surface area (Å²) in [6, 6.07) is 6.16. The molecule has 31 heavy (non-hydrogen) atoms. The van der Waals surface area contributed by atoms with E-state index in [2.05, 4.69) is 16.1 Å². The monoisotopic (exact) mass is 483 g/mol. The zero-order chi connectivity index (χ0) is 22.3. The molecular weight excluding hydrogens is 469 g/mol. The third-order valence-corrected chi connectivity index (χ3v) is 5.61. The van der Waals surface area contributed by atoms with Crippen molar-refractivity contribution in [2.45, 2.75) is 9.79 Å². The van der Waals surface area contributed by atoms with Crippen molar-refractivity contribution in [2.75, 3.05) is 12.2 Å². The van der Waals surface area contributed by atoms with Crippen molar-refractivity contribution in [3.8, 4) is 5.75 Å². The Labute approximate surface area is 197 Å². The van der Waals surface area contributed by atoms with E-state index >= 15 is 0 Å². The molecule has 1 heterocycles. The molecule has 162 valence electrons. The van der Waals surface area contributed by atoms with Crippen LogP contribution in [0, 0.1) is 10.1 Å². The molecule has 0 unspecified atom stereocenters. The van der Waals surface area contributed by atoms with E-state index in [0.717, 1.165) is 23.3 Å². The molecule has 2 aromatic rings. The molecule has 1 aliphatic heterocycles. The van der Waals surface area contributed by atoms with Gasteiger partial charge in [-0.25, -0.2) is 0 Å². The van der Waals surface area contributed by atoms with Gasteiger partial charge in [0.05, 0.1) is 23.0 Å². The second-order valence-corrected chi connectivity index (χ2v) is 8.53. The number of ether oxygens (including phenoxy) is 1. The minimum absolute atomic E-state index is 0. The summed E-state index contributed by atoms with van der Waals surface area (Å²) in [6.07, 6.45) is 0. The van der Waals surface area contributed by atoms with Gasteiger partial charge in [-0.1, -0.05) is 0 Å². The summed E-state index contributed by atoms with van der Waals surface area (Å²) in [6.45, 7) is 0. The Morgan fingerprint density at radius 1 is 1.10 bits per heavy atom. The Kier molecular flexibility index (Phi) is 7.28. The van der Waals surface area contributed by atoms with Gasteiger partial charge in [-0.2, -0.15) is 22.0 Å². The maximum absolute atomic E-state index is 11.7. The van der Waals surface area contributed by atoms with Crippen LogP contribution in [0.15, 0.2) is 51.3 Å². The topological polar surface area (TPSA) is 201 Å². The van der Waals surface area contributed by atoms with Crippen LogP contribution in [0.25, 0.3) is 0 Å². The normalized spacial score (nSPS) is 13.8. The molecule has 0 spiro atoms. The van der Waals surface area contributed by atoms with Gasteiger partial charge >= 0.3 is 29.6 Å². The molecule has 4 N–H and O–H groups in total. The van der Waals surface area contributed by atoms with Gasteiger partial charge in [-0.3, -0.25) is 24.6 Å². The summed E-state index contributed by atoms with van der Waals surface area (Å²) in [5.74, 6) is -0.0786. The molecule has 0 radical (unpaired) electrons. The number of hydrazine groups is 2. The number of nitrogens with zero attached hydrogens (tertiary/aromatic N) is 3. The van der Waals surface area contributed by atoms with Crippen molar-refractivity contribution in [2.24, 2.45) is 5.10 Å². The molecule has 2 aromatic carbocycles. The van der Waals surface area contributed by atoms with Crippen molar-refractivity contribution < 1.29 is 35.6 Å². The SMILES string of the molecule is COc1cc([N+](=O)[O-])ccc1N1N=C(c2ccc(S(=O)(=O)O)cc2S(=O)(=O)O)NN1.[NaH]. The molecule has 0 aliphatic carbocycles. The Bertz CT molecular complexity index is 1280. The number of nitro benzene ring substituents is 1. The summed E-state index contributed by atoms with van der Waals surface area (Å²) >= 11 is 0. The number of nitro groups is 1. The van der Waals surface area contributed by atoms with E-state index in [1.54, 1.807) is 0 Å². The summed E-state index contributed by atoms with van der Waals surface area (Å²) < 4.78 is 69.7. The molecule has 3 rings (SSSR count). The third-order valence-electron chi connectivity index (χ3n) is 3.87. The summed E-state index contributed by atoms with van der Waals surface area (Å²) in [4.78, 5) is 8.71. The average molecular weight is 483 g/mol. The summed E-state index contributed by atoms with van der Waals surface area (Å²) in [5, 5.41) is 16.0. The van der Waals surface area contributed by atoms with Crippen LogP contribution in [0.1, 0.15) is 5.56 Å². The Hall–Kier alpha value is -2.31. The number of amidine groups is 1. The van der Waals surface area contributed by atoms with Crippen LogP contribution in [0.2, 0.25) is 0 Å². The van der Waals surface area contributed by atoms with Crippen LogP contribution in [-0.4, -0.2) is 73.4 Å². The van der Waals surface area contributed by atoms with E-state index in [-0.39, 0.29) is 58.1 Å². The number of hydrogen-bond acceptors (Lipinski definition) is 11. The molecule has 0 atom stereocenters. The van der Waals surface area contributed by atoms with Gasteiger partial charge in [-0.05, 0) is 24.3 Å². The van der Waals surface area contributed by atoms with Gasteiger partial charge in [0.1, 0.15) is 10.6 Å². The Morgan fingerprint density at radius 2 is 1.77 bits per heavy atom. The molecule has 0 bridgehead atoms. The van der Waals surface area contributed by atoms with Gasteiger partial charge in [-0.15, -0.1) is 10.6 Å². The average Bonchev–Trinajstić information content (AvgIpc) is 3.15. The van der Waals surface area contributed by atoms with Crippen LogP contribution in [0.5, 0.6) is 5.75 Å². The number of nitrogens with one attached hydrogen (secondary N) is 2. The number of rotatable bonds is 6. The van der Waals surface area contributed by atoms with Crippen molar-refractivity contribution in [3.63, 3.8) is 0 Å². The van der Waals surface area contributed by atoms with Gasteiger partial charge < -0.3 is 4.74 Å². The second-order valence-electron chi connectivity index (χ2n) is 5.72. The number of methoxy groups -OCH3 is 1. The van der Waals surface area contributed by atoms with Crippen molar-refractivity contribution in [1.29, 1.82) is 0 Å². The fraction of sp³-hybridized carbons (Fsp3) is 0.0714. The number of anilines is 1. The molecule has 0 saturated heterocycles. The molecule has 0 saturated carbocycles. The number of non-ortho nitro benzene ring substituents is 1. The van der Waals surface area contributed by atoms with Gasteiger partial charge in [0.25, 0.3) is 25.9 Å². The first-order chi connectivity index (χ1) is 13.9. The molecule has 0 fully saturated rings. The zero-order valence-electron chi connectivity index (χ0n) is 14.9. The van der Waals surface area contributed by atoms with E-state index in [1.807, 2.05) is 0 Å². The van der Waals surface area contributed by atoms with Gasteiger partial charge in [0.15, 0.2) is 11.6 Å². The first kappa shape index (κ1) is 25.0. The predicted octanol–water partition coefficient (Wildman–Crippen LogP) is -0.361. The molecular formula is C14H14N5NaO9S2. The van der Waals surface area contributed by atoms with Crippen LogP contribution in [0.4, 0.5) is 11.4 Å². The zero-order valence-corrected chi connectivity index (χ0v) is 16.5. The molecule has 17 heteroatoms. The summed E-state index contributed by atoms with van der Waals surface area (Å²) in [5.41, 5.74) is 4.84. The Morgan fingerprint density at radius 3 is 2.32 bits per heavy atom. The molecule has 0 aromatic heterocycles. The fourth-order valence-electron chi connectivity index (χ4n) is 2.52. The predicted molar refractivity (Wildman–Crippen MR) is 108 cm³/mol. The van der Waals surface area contributed by atoms with E-state index in [1.165, 1.54) is 19.2 Å². The standard InChI is InChI=1S/C14H13N5O9S2.Na.H/c1-28-12-6-8(19(20)21)2-5-11(12)18-16-14(15-17-18)10-4-3-9(29(22,23)24)7-13(10)30(25,26)27;;/h2-7,17H,1H3,(H,15,16)(H,22,23,24)(H,25,26,27);;. The van der Waals surface area contributed by atoms with Crippen molar-refractivity contribution in [1.82, 2.24) is 11.0 Å². The van der Waals surface area contributed by atoms with E-state index in [4.69, 9.17) is 9.29 Å². The maximum atomic E-state index is 11.7. The Balaban J connectivity index is 0.00000341. The van der Waals surface area contributed by atoms with Crippen LogP contribution < -0.4 is 20.8 Å². The van der Waals surface area contributed by atoms with Gasteiger partial charge in [0.2, 0.25) is 0 Å². The number of hydrogen-bond donors (Lipinski definition) is 4. The van der Waals surface area contributed by atoms with Gasteiger partial charge in [0, 0.05) is 11.6 Å². The van der Waals surface area contributed by atoms with E-state index < -0.39 is 35.0 Å². The minimum atomic E-state index is -4.91. The molecule has 14 nitrogen and oxygen atoms in total. The first-order valence-corrected chi connectivity index (χ1v) is 10.6. The fourth-order valence-corrected chi connectivity index (χ4v) is 3.82. The molecule has 1 aliphatic rings. The van der Waals surface area contributed by atoms with E-state index in [9.17, 15) is 31.5 Å². The quantitative estimate of drug-likeness (QED) is 0.180. The van der Waals surface area contributed by atoms with Crippen LogP contribution in [-0.2, 0) is 20.2 Å². The third kappa shape index (κ3) is 5.31.